The molecule has 2 aromatic heterocycles. The lowest BCUT2D eigenvalue weighted by Gasteiger charge is -1.92. The molecule has 0 spiro atoms. The van der Waals surface area contributed by atoms with Gasteiger partial charge in [-0.15, -0.1) is 0 Å². The van der Waals surface area contributed by atoms with Crippen molar-refractivity contribution in [3.63, 3.8) is 0 Å². The smallest absolute Gasteiger partial charge is 0.317 e. The molecule has 0 saturated heterocycles. The van der Waals surface area contributed by atoms with Crippen molar-refractivity contribution in [3.05, 3.63) is 29.2 Å². The molecule has 5 nitrogen and oxygen atoms in total. The van der Waals surface area contributed by atoms with Crippen LogP contribution in [0.2, 0.25) is 5.15 Å². The number of carbonyl (C=O) groups is 1. The lowest BCUT2D eigenvalue weighted by atomic mass is 10.3. The maximum Gasteiger partial charge on any atom is 0.317 e. The molecular formula is C11H8ClN3O2. The summed E-state index contributed by atoms with van der Waals surface area (Å²) >= 11 is 5.78. The van der Waals surface area contributed by atoms with Crippen molar-refractivity contribution in [1.82, 2.24) is 14.6 Å². The van der Waals surface area contributed by atoms with E-state index in [1.165, 1.54) is 7.11 Å². The van der Waals surface area contributed by atoms with Crippen LogP contribution in [0, 0.1) is 11.8 Å². The second-order valence-corrected chi connectivity index (χ2v) is 3.52. The van der Waals surface area contributed by atoms with Crippen LogP contribution < -0.4 is 0 Å². The number of hydrogen-bond donors (Lipinski definition) is 0. The summed E-state index contributed by atoms with van der Waals surface area (Å²) in [6, 6.07) is 1.63. The van der Waals surface area contributed by atoms with Crippen LogP contribution in [0.5, 0.6) is 0 Å². The number of aromatic nitrogens is 3. The lowest BCUT2D eigenvalue weighted by Crippen LogP contribution is -1.97. The van der Waals surface area contributed by atoms with Gasteiger partial charge in [-0.1, -0.05) is 23.4 Å². The molecule has 0 bridgehead atoms. The third-order valence-electron chi connectivity index (χ3n) is 2.02. The molecule has 2 heterocycles. The van der Waals surface area contributed by atoms with Gasteiger partial charge in [0, 0.05) is 6.20 Å². The highest BCUT2D eigenvalue weighted by Crippen LogP contribution is 2.10. The number of halogens is 1. The molecule has 0 radical (unpaired) electrons. The van der Waals surface area contributed by atoms with Gasteiger partial charge < -0.3 is 4.74 Å². The molecule has 0 aromatic carbocycles. The van der Waals surface area contributed by atoms with Gasteiger partial charge in [-0.2, -0.15) is 5.10 Å². The summed E-state index contributed by atoms with van der Waals surface area (Å²) in [5.74, 6) is 5.12. The molecule has 0 atom stereocenters. The summed E-state index contributed by atoms with van der Waals surface area (Å²) in [6.45, 7) is 0. The molecule has 0 unspecified atom stereocenters. The lowest BCUT2D eigenvalue weighted by molar-refractivity contribution is -0.139. The Morgan fingerprint density at radius 3 is 3.24 bits per heavy atom. The van der Waals surface area contributed by atoms with E-state index in [0.717, 1.165) is 0 Å². The van der Waals surface area contributed by atoms with E-state index in [2.05, 4.69) is 26.7 Å². The molecule has 17 heavy (non-hydrogen) atoms. The van der Waals surface area contributed by atoms with Gasteiger partial charge in [-0.3, -0.25) is 4.79 Å². The minimum Gasteiger partial charge on any atom is -0.468 e. The zero-order valence-electron chi connectivity index (χ0n) is 8.98. The molecule has 0 aliphatic carbocycles. The summed E-state index contributed by atoms with van der Waals surface area (Å²) in [4.78, 5) is 15.0. The number of fused-ring (bicyclic) bond motifs is 1. The fourth-order valence-electron chi connectivity index (χ4n) is 1.22. The number of nitrogens with zero attached hydrogens (tertiary/aromatic N) is 3. The molecule has 0 amide bonds. The van der Waals surface area contributed by atoms with Gasteiger partial charge in [0.1, 0.15) is 11.6 Å². The molecule has 86 valence electrons. The largest absolute Gasteiger partial charge is 0.468 e. The molecule has 2 rings (SSSR count). The summed E-state index contributed by atoms with van der Waals surface area (Å²) in [6.07, 6.45) is 3.30. The first-order chi connectivity index (χ1) is 8.20. The van der Waals surface area contributed by atoms with Crippen LogP contribution in [0.25, 0.3) is 5.65 Å². The second kappa shape index (κ2) is 4.85. The first kappa shape index (κ1) is 11.4. The van der Waals surface area contributed by atoms with Crippen molar-refractivity contribution in [3.8, 4) is 11.8 Å². The first-order valence-electron chi connectivity index (χ1n) is 4.76. The molecule has 0 fully saturated rings. The predicted octanol–water partition coefficient (Wildman–Crippen LogP) is 1.30. The third-order valence-corrected chi connectivity index (χ3v) is 2.23. The topological polar surface area (TPSA) is 56.5 Å². The van der Waals surface area contributed by atoms with Crippen LogP contribution in [0.3, 0.4) is 0 Å². The Morgan fingerprint density at radius 1 is 1.65 bits per heavy atom. The Hall–Kier alpha value is -2.06. The highest BCUT2D eigenvalue weighted by Gasteiger charge is 2.03. The standard InChI is InChI=1S/C11H8ClN3O2/c1-17-10(16)4-2-3-8-7-13-15-6-5-9(12)14-11(8)15/h5-7H,4H2,1H3. The van der Waals surface area contributed by atoms with Gasteiger partial charge in [0.2, 0.25) is 0 Å². The number of methoxy groups -OCH3 is 1. The predicted molar refractivity (Wildman–Crippen MR) is 61.5 cm³/mol. The van der Waals surface area contributed by atoms with Crippen molar-refractivity contribution in [1.29, 1.82) is 0 Å². The monoisotopic (exact) mass is 249 g/mol. The Morgan fingerprint density at radius 2 is 2.47 bits per heavy atom. The Bertz CT molecular complexity index is 624. The van der Waals surface area contributed by atoms with E-state index in [1.807, 2.05) is 0 Å². The summed E-state index contributed by atoms with van der Waals surface area (Å²) in [5.41, 5.74) is 1.19. The first-order valence-corrected chi connectivity index (χ1v) is 5.14. The van der Waals surface area contributed by atoms with Crippen molar-refractivity contribution < 1.29 is 9.53 Å². The maximum absolute atomic E-state index is 10.9. The Balaban J connectivity index is 2.30. The summed E-state index contributed by atoms with van der Waals surface area (Å²) in [5, 5.41) is 4.42. The van der Waals surface area contributed by atoms with Gasteiger partial charge in [-0.05, 0) is 6.07 Å². The van der Waals surface area contributed by atoms with Gasteiger partial charge in [0.25, 0.3) is 0 Å². The molecule has 0 aliphatic rings. The highest BCUT2D eigenvalue weighted by atomic mass is 35.5. The Kier molecular flexibility index (Phi) is 3.26. The van der Waals surface area contributed by atoms with Crippen LogP contribution in [0.4, 0.5) is 0 Å². The molecular weight excluding hydrogens is 242 g/mol. The van der Waals surface area contributed by atoms with Crippen LogP contribution in [-0.2, 0) is 9.53 Å². The number of hydrogen-bond acceptors (Lipinski definition) is 4. The fourth-order valence-corrected chi connectivity index (χ4v) is 1.36. The van der Waals surface area contributed by atoms with E-state index in [0.29, 0.717) is 16.4 Å². The van der Waals surface area contributed by atoms with E-state index in [-0.39, 0.29) is 12.4 Å². The molecule has 2 aromatic rings. The fraction of sp³-hybridized carbons (Fsp3) is 0.182. The second-order valence-electron chi connectivity index (χ2n) is 3.13. The molecule has 0 N–H and O–H groups in total. The highest BCUT2D eigenvalue weighted by molar-refractivity contribution is 6.29. The Labute approximate surface area is 102 Å². The summed E-state index contributed by atoms with van der Waals surface area (Å²) in [7, 11) is 1.32. The van der Waals surface area contributed by atoms with E-state index >= 15 is 0 Å². The van der Waals surface area contributed by atoms with Crippen molar-refractivity contribution >= 4 is 23.2 Å². The van der Waals surface area contributed by atoms with Crippen molar-refractivity contribution in [2.75, 3.05) is 7.11 Å². The van der Waals surface area contributed by atoms with E-state index in [1.54, 1.807) is 23.0 Å². The summed E-state index contributed by atoms with van der Waals surface area (Å²) < 4.78 is 6.04. The zero-order valence-corrected chi connectivity index (χ0v) is 9.73. The quantitative estimate of drug-likeness (QED) is 0.434. The van der Waals surface area contributed by atoms with Crippen LogP contribution >= 0.6 is 11.6 Å². The molecule has 0 aliphatic heterocycles. The van der Waals surface area contributed by atoms with Crippen LogP contribution in [0.15, 0.2) is 18.5 Å². The van der Waals surface area contributed by atoms with E-state index in [4.69, 9.17) is 11.6 Å². The number of ether oxygens (including phenoxy) is 1. The number of carbonyl (C=O) groups excluding carboxylic acids is 1. The number of rotatable bonds is 1. The number of esters is 1. The normalized spacial score (nSPS) is 9.76. The van der Waals surface area contributed by atoms with Crippen LogP contribution in [0.1, 0.15) is 12.0 Å². The maximum atomic E-state index is 10.9. The van der Waals surface area contributed by atoms with Crippen LogP contribution in [-0.4, -0.2) is 27.7 Å². The average molecular weight is 250 g/mol. The SMILES string of the molecule is COC(=O)CC#Cc1cnn2ccc(Cl)nc12. The van der Waals surface area contributed by atoms with E-state index in [9.17, 15) is 4.79 Å². The van der Waals surface area contributed by atoms with Gasteiger partial charge >= 0.3 is 5.97 Å². The van der Waals surface area contributed by atoms with Crippen molar-refractivity contribution in [2.45, 2.75) is 6.42 Å². The average Bonchev–Trinajstić information content (AvgIpc) is 2.72. The minimum absolute atomic E-state index is 0.0361. The van der Waals surface area contributed by atoms with Crippen molar-refractivity contribution in [2.24, 2.45) is 0 Å². The zero-order chi connectivity index (χ0) is 12.3. The third kappa shape index (κ3) is 2.55. The van der Waals surface area contributed by atoms with Gasteiger partial charge in [0.15, 0.2) is 5.65 Å². The van der Waals surface area contributed by atoms with Gasteiger partial charge in [0.05, 0.1) is 18.9 Å². The van der Waals surface area contributed by atoms with Gasteiger partial charge in [-0.25, -0.2) is 9.50 Å². The van der Waals surface area contributed by atoms with E-state index < -0.39 is 0 Å². The molecule has 6 heteroatoms. The minimum atomic E-state index is -0.375. The molecule has 0 saturated carbocycles.